The zero-order valence-corrected chi connectivity index (χ0v) is 15.9. The van der Waals surface area contributed by atoms with E-state index in [9.17, 15) is 4.79 Å². The van der Waals surface area contributed by atoms with Gasteiger partial charge in [-0.3, -0.25) is 9.89 Å². The van der Waals surface area contributed by atoms with E-state index in [1.807, 2.05) is 29.3 Å². The van der Waals surface area contributed by atoms with E-state index in [0.29, 0.717) is 17.7 Å². The van der Waals surface area contributed by atoms with Gasteiger partial charge in [-0.2, -0.15) is 5.10 Å². The highest BCUT2D eigenvalue weighted by molar-refractivity contribution is 7.14. The van der Waals surface area contributed by atoms with Crippen LogP contribution in [0, 0.1) is 0 Å². The van der Waals surface area contributed by atoms with Crippen molar-refractivity contribution in [1.82, 2.24) is 20.1 Å². The molecule has 0 radical (unpaired) electrons. The van der Waals surface area contributed by atoms with Crippen molar-refractivity contribution in [1.29, 1.82) is 0 Å². The van der Waals surface area contributed by atoms with Gasteiger partial charge >= 0.3 is 0 Å². The number of likely N-dealkylation sites (tertiary alicyclic amines) is 1. The van der Waals surface area contributed by atoms with Crippen molar-refractivity contribution >= 4 is 17.2 Å². The fraction of sp³-hybridized carbons (Fsp3) is 0.350. The quantitative estimate of drug-likeness (QED) is 0.735. The number of thiazole rings is 1. The summed E-state index contributed by atoms with van der Waals surface area (Å²) in [5.74, 6) is 0.877. The molecule has 0 aliphatic carbocycles. The third-order valence-electron chi connectivity index (χ3n) is 5.35. The third kappa shape index (κ3) is 2.82. The number of H-pyrrole nitrogens is 1. The van der Waals surface area contributed by atoms with E-state index in [-0.39, 0.29) is 5.91 Å². The number of aromatic amines is 1. The van der Waals surface area contributed by atoms with Crippen LogP contribution in [0.3, 0.4) is 0 Å². The van der Waals surface area contributed by atoms with E-state index in [4.69, 9.17) is 9.72 Å². The fourth-order valence-electron chi connectivity index (χ4n) is 3.86. The Hall–Kier alpha value is -2.67. The fourth-order valence-corrected chi connectivity index (χ4v) is 4.87. The largest absolute Gasteiger partial charge is 0.492 e. The smallest absolute Gasteiger partial charge is 0.283 e. The normalized spacial score (nSPS) is 18.6. The van der Waals surface area contributed by atoms with E-state index in [0.717, 1.165) is 58.8 Å². The van der Waals surface area contributed by atoms with Crippen LogP contribution in [0.25, 0.3) is 22.4 Å². The van der Waals surface area contributed by atoms with Crippen molar-refractivity contribution in [2.24, 2.45) is 0 Å². The Morgan fingerprint density at radius 3 is 3.07 bits per heavy atom. The minimum Gasteiger partial charge on any atom is -0.492 e. The van der Waals surface area contributed by atoms with Crippen molar-refractivity contribution in [3.05, 3.63) is 40.5 Å². The van der Waals surface area contributed by atoms with Gasteiger partial charge in [0, 0.05) is 41.2 Å². The molecule has 7 heteroatoms. The van der Waals surface area contributed by atoms with E-state index in [1.165, 1.54) is 11.3 Å². The van der Waals surface area contributed by atoms with Gasteiger partial charge in [-0.1, -0.05) is 6.07 Å². The van der Waals surface area contributed by atoms with Crippen LogP contribution in [0.1, 0.15) is 34.4 Å². The average Bonchev–Trinajstić information content (AvgIpc) is 3.41. The number of carbonyl (C=O) groups excluding carboxylic acids is 1. The lowest BCUT2D eigenvalue weighted by molar-refractivity contribution is 0.0747. The molecule has 0 spiro atoms. The Balaban J connectivity index is 1.53. The number of amides is 1. The summed E-state index contributed by atoms with van der Waals surface area (Å²) in [5.41, 5.74) is 3.91. The topological polar surface area (TPSA) is 71.1 Å². The van der Waals surface area contributed by atoms with Crippen LogP contribution >= 0.6 is 11.3 Å². The standard InChI is InChI=1S/C20H20N4O2S/c1-12-3-2-7-24(12)20(25)19-23-18-15-5-4-13(14-10-21-22-11-14)9-16(15)26-8-6-17(18)27-19/h4-5,9-12H,2-3,6-8H2,1H3,(H,21,22)/t12-/m1/s1. The molecule has 2 aliphatic rings. The average molecular weight is 380 g/mol. The van der Waals surface area contributed by atoms with E-state index < -0.39 is 0 Å². The molecule has 1 N–H and O–H groups in total. The second-order valence-electron chi connectivity index (χ2n) is 7.08. The lowest BCUT2D eigenvalue weighted by atomic mass is 10.0. The van der Waals surface area contributed by atoms with Gasteiger partial charge in [-0.25, -0.2) is 4.98 Å². The Bertz CT molecular complexity index is 996. The van der Waals surface area contributed by atoms with Crippen LogP contribution < -0.4 is 4.74 Å². The Kier molecular flexibility index (Phi) is 3.97. The molecule has 27 heavy (non-hydrogen) atoms. The summed E-state index contributed by atoms with van der Waals surface area (Å²) in [6.45, 7) is 3.53. The van der Waals surface area contributed by atoms with Gasteiger partial charge < -0.3 is 9.64 Å². The molecule has 0 saturated carbocycles. The second-order valence-corrected chi connectivity index (χ2v) is 8.16. The van der Waals surface area contributed by atoms with Crippen molar-refractivity contribution in [3.8, 4) is 28.1 Å². The Morgan fingerprint density at radius 2 is 2.30 bits per heavy atom. The van der Waals surface area contributed by atoms with E-state index in [1.54, 1.807) is 6.20 Å². The molecule has 1 amide bonds. The molecule has 6 nitrogen and oxygen atoms in total. The number of ether oxygens (including phenoxy) is 1. The highest BCUT2D eigenvalue weighted by Gasteiger charge is 2.30. The summed E-state index contributed by atoms with van der Waals surface area (Å²) in [6.07, 6.45) is 6.57. The molecular weight excluding hydrogens is 360 g/mol. The first-order valence-electron chi connectivity index (χ1n) is 9.28. The van der Waals surface area contributed by atoms with Crippen molar-refractivity contribution in [2.75, 3.05) is 13.2 Å². The number of hydrogen-bond donors (Lipinski definition) is 1. The SMILES string of the molecule is C[C@@H]1CCCN1C(=O)c1nc2c(s1)CCOc1cc(-c3cn[nH]c3)ccc1-2. The van der Waals surface area contributed by atoms with Crippen LogP contribution in [0.2, 0.25) is 0 Å². The minimum atomic E-state index is 0.0653. The number of benzene rings is 1. The molecule has 1 saturated heterocycles. The Labute approximate surface area is 161 Å². The van der Waals surface area contributed by atoms with Gasteiger partial charge in [0.1, 0.15) is 5.75 Å². The van der Waals surface area contributed by atoms with Gasteiger partial charge in [0.25, 0.3) is 5.91 Å². The highest BCUT2D eigenvalue weighted by atomic mass is 32.1. The minimum absolute atomic E-state index is 0.0653. The van der Waals surface area contributed by atoms with Crippen molar-refractivity contribution in [2.45, 2.75) is 32.2 Å². The number of aromatic nitrogens is 3. The molecule has 4 heterocycles. The summed E-state index contributed by atoms with van der Waals surface area (Å²) in [6, 6.07) is 6.41. The number of rotatable bonds is 2. The predicted molar refractivity (Wildman–Crippen MR) is 104 cm³/mol. The number of nitrogens with zero attached hydrogens (tertiary/aromatic N) is 3. The number of nitrogens with one attached hydrogen (secondary N) is 1. The number of fused-ring (bicyclic) bond motifs is 3. The molecule has 0 unspecified atom stereocenters. The zero-order chi connectivity index (χ0) is 18.4. The van der Waals surface area contributed by atoms with E-state index >= 15 is 0 Å². The third-order valence-corrected chi connectivity index (χ3v) is 6.45. The molecule has 2 aromatic heterocycles. The maximum atomic E-state index is 12.9. The van der Waals surface area contributed by atoms with Gasteiger partial charge in [0.2, 0.25) is 0 Å². The summed E-state index contributed by atoms with van der Waals surface area (Å²) < 4.78 is 5.99. The first-order valence-corrected chi connectivity index (χ1v) is 10.1. The van der Waals surface area contributed by atoms with Crippen LogP contribution in [-0.2, 0) is 6.42 Å². The molecule has 5 rings (SSSR count). The second kappa shape index (κ2) is 6.49. The maximum absolute atomic E-state index is 12.9. The van der Waals surface area contributed by atoms with E-state index in [2.05, 4.69) is 17.1 Å². The Morgan fingerprint density at radius 1 is 1.37 bits per heavy atom. The first kappa shape index (κ1) is 16.5. The maximum Gasteiger partial charge on any atom is 0.283 e. The van der Waals surface area contributed by atoms with Crippen LogP contribution in [0.15, 0.2) is 30.6 Å². The monoisotopic (exact) mass is 380 g/mol. The van der Waals surface area contributed by atoms with Gasteiger partial charge in [-0.05, 0) is 37.5 Å². The molecule has 0 bridgehead atoms. The predicted octanol–water partition coefficient (Wildman–Crippen LogP) is 3.76. The van der Waals surface area contributed by atoms with Crippen molar-refractivity contribution < 1.29 is 9.53 Å². The van der Waals surface area contributed by atoms with Gasteiger partial charge in [0.15, 0.2) is 5.01 Å². The molecule has 1 atom stereocenters. The first-order chi connectivity index (χ1) is 13.2. The molecule has 3 aromatic rings. The highest BCUT2D eigenvalue weighted by Crippen LogP contribution is 2.40. The molecule has 1 fully saturated rings. The summed E-state index contributed by atoms with van der Waals surface area (Å²) in [4.78, 5) is 20.7. The van der Waals surface area contributed by atoms with Crippen LogP contribution in [-0.4, -0.2) is 45.2 Å². The van der Waals surface area contributed by atoms with Crippen LogP contribution in [0.5, 0.6) is 5.75 Å². The molecule has 1 aromatic carbocycles. The lowest BCUT2D eigenvalue weighted by Crippen LogP contribution is -2.33. The summed E-state index contributed by atoms with van der Waals surface area (Å²) in [5, 5.41) is 7.45. The summed E-state index contributed by atoms with van der Waals surface area (Å²) >= 11 is 1.51. The zero-order valence-electron chi connectivity index (χ0n) is 15.1. The van der Waals surface area contributed by atoms with Gasteiger partial charge in [0.05, 0.1) is 18.5 Å². The molecular formula is C20H20N4O2S. The summed E-state index contributed by atoms with van der Waals surface area (Å²) in [7, 11) is 0. The number of hydrogen-bond acceptors (Lipinski definition) is 5. The molecule has 2 aliphatic heterocycles. The molecule has 138 valence electrons. The number of carbonyl (C=O) groups is 1. The van der Waals surface area contributed by atoms with Crippen LogP contribution in [0.4, 0.5) is 0 Å². The van der Waals surface area contributed by atoms with Gasteiger partial charge in [-0.15, -0.1) is 11.3 Å². The lowest BCUT2D eigenvalue weighted by Gasteiger charge is -2.19. The van der Waals surface area contributed by atoms with Crippen molar-refractivity contribution in [3.63, 3.8) is 0 Å².